The van der Waals surface area contributed by atoms with E-state index in [1.54, 1.807) is 73.6 Å². The van der Waals surface area contributed by atoms with Crippen molar-refractivity contribution in [3.63, 3.8) is 0 Å². The molecule has 2 aromatic heterocycles. The van der Waals surface area contributed by atoms with E-state index in [2.05, 4.69) is 20.6 Å². The molecule has 0 atom stereocenters. The molecule has 1 N–H and O–H groups in total. The second kappa shape index (κ2) is 10.4. The van der Waals surface area contributed by atoms with Crippen molar-refractivity contribution in [2.45, 2.75) is 19.6 Å². The maximum Gasteiger partial charge on any atom is 0.416 e. The van der Waals surface area contributed by atoms with Crippen molar-refractivity contribution in [2.75, 3.05) is 26.5 Å². The third-order valence-corrected chi connectivity index (χ3v) is 5.53. The van der Waals surface area contributed by atoms with Crippen LogP contribution in [0.4, 0.5) is 18.9 Å². The normalized spacial score (nSPS) is 11.6. The molecule has 0 aliphatic carbocycles. The molecular formula is C26H25F3N6O2. The number of nitrogens with one attached hydrogen (secondary N) is 1. The molecule has 8 nitrogen and oxygen atoms in total. The van der Waals surface area contributed by atoms with E-state index in [0.717, 1.165) is 17.7 Å². The van der Waals surface area contributed by atoms with E-state index in [9.17, 15) is 18.0 Å². The van der Waals surface area contributed by atoms with Crippen LogP contribution in [0.5, 0.6) is 5.75 Å². The van der Waals surface area contributed by atoms with Crippen molar-refractivity contribution >= 4 is 11.6 Å². The Labute approximate surface area is 211 Å². The number of halogens is 3. The van der Waals surface area contributed by atoms with Gasteiger partial charge < -0.3 is 15.0 Å². The first-order chi connectivity index (χ1) is 17.5. The average Bonchev–Trinajstić information content (AvgIpc) is 3.34. The van der Waals surface area contributed by atoms with Gasteiger partial charge in [0.2, 0.25) is 0 Å². The number of carbonyl (C=O) groups excluding carboxylic acids is 1. The summed E-state index contributed by atoms with van der Waals surface area (Å²) in [6.07, 6.45) is 0.361. The van der Waals surface area contributed by atoms with E-state index in [1.807, 2.05) is 6.92 Å². The Morgan fingerprint density at radius 3 is 2.59 bits per heavy atom. The molecule has 2 heterocycles. The van der Waals surface area contributed by atoms with Gasteiger partial charge in [-0.3, -0.25) is 9.78 Å². The number of benzene rings is 2. The standard InChI is InChI=1S/C26H25F3N6O2/c1-16-5-6-21(11-24(16)35-15-23(32-33-35)19-10-22(37-4)13-30-12-19)31-25(36)18-7-17(14-34(2)3)8-20(9-18)26(27,28)29/h5-13,15H,14H2,1-4H3,(H,31,36). The van der Waals surface area contributed by atoms with Crippen molar-refractivity contribution in [1.29, 1.82) is 0 Å². The first kappa shape index (κ1) is 25.8. The number of nitrogens with zero attached hydrogens (tertiary/aromatic N) is 5. The van der Waals surface area contributed by atoms with Crippen LogP contribution in [0.1, 0.15) is 27.0 Å². The zero-order valence-electron chi connectivity index (χ0n) is 20.7. The van der Waals surface area contributed by atoms with Crippen LogP contribution in [-0.4, -0.2) is 52.0 Å². The number of anilines is 1. The molecule has 0 aliphatic heterocycles. The SMILES string of the molecule is COc1cncc(-c2cn(-c3cc(NC(=O)c4cc(CN(C)C)cc(C(F)(F)F)c4)ccc3C)nn2)c1. The van der Waals surface area contributed by atoms with Gasteiger partial charge in [-0.05, 0) is 68.5 Å². The Morgan fingerprint density at radius 1 is 1.11 bits per heavy atom. The van der Waals surface area contributed by atoms with E-state index in [4.69, 9.17) is 4.74 Å². The summed E-state index contributed by atoms with van der Waals surface area (Å²) in [5.74, 6) is -0.0704. The van der Waals surface area contributed by atoms with Crippen LogP contribution in [0.15, 0.2) is 61.1 Å². The van der Waals surface area contributed by atoms with Gasteiger partial charge in [0.25, 0.3) is 5.91 Å². The average molecular weight is 511 g/mol. The fraction of sp³-hybridized carbons (Fsp3) is 0.231. The molecule has 0 radical (unpaired) electrons. The molecule has 0 unspecified atom stereocenters. The lowest BCUT2D eigenvalue weighted by Crippen LogP contribution is -2.17. The van der Waals surface area contributed by atoms with Crippen LogP contribution in [0.25, 0.3) is 16.9 Å². The lowest BCUT2D eigenvalue weighted by molar-refractivity contribution is -0.137. The Morgan fingerprint density at radius 2 is 1.89 bits per heavy atom. The molecule has 37 heavy (non-hydrogen) atoms. The molecule has 0 bridgehead atoms. The number of pyridine rings is 1. The van der Waals surface area contributed by atoms with Crippen molar-refractivity contribution in [2.24, 2.45) is 0 Å². The summed E-state index contributed by atoms with van der Waals surface area (Å²) in [6, 6.07) is 10.3. The van der Waals surface area contributed by atoms with E-state index < -0.39 is 17.6 Å². The molecule has 0 spiro atoms. The van der Waals surface area contributed by atoms with Gasteiger partial charge in [0.15, 0.2) is 0 Å². The molecule has 0 saturated heterocycles. The van der Waals surface area contributed by atoms with Crippen molar-refractivity contribution in [1.82, 2.24) is 24.9 Å². The number of ether oxygens (including phenoxy) is 1. The molecule has 192 valence electrons. The number of methoxy groups -OCH3 is 1. The van der Waals surface area contributed by atoms with Gasteiger partial charge in [-0.1, -0.05) is 11.3 Å². The first-order valence-corrected chi connectivity index (χ1v) is 11.2. The van der Waals surface area contributed by atoms with E-state index in [0.29, 0.717) is 33.9 Å². The summed E-state index contributed by atoms with van der Waals surface area (Å²) in [5, 5.41) is 11.1. The zero-order valence-corrected chi connectivity index (χ0v) is 20.7. The molecule has 4 aromatic rings. The number of hydrogen-bond acceptors (Lipinski definition) is 6. The number of amides is 1. The minimum absolute atomic E-state index is 0.0811. The maximum atomic E-state index is 13.5. The largest absolute Gasteiger partial charge is 0.495 e. The van der Waals surface area contributed by atoms with Gasteiger partial charge in [0, 0.05) is 29.6 Å². The number of aromatic nitrogens is 4. The fourth-order valence-electron chi connectivity index (χ4n) is 3.76. The number of aryl methyl sites for hydroxylation is 1. The van der Waals surface area contributed by atoms with Crippen LogP contribution < -0.4 is 10.1 Å². The van der Waals surface area contributed by atoms with Gasteiger partial charge in [0.1, 0.15) is 11.4 Å². The Bertz CT molecular complexity index is 1430. The van der Waals surface area contributed by atoms with Crippen LogP contribution in [0, 0.1) is 6.92 Å². The first-order valence-electron chi connectivity index (χ1n) is 11.2. The molecule has 0 fully saturated rings. The summed E-state index contributed by atoms with van der Waals surface area (Å²) in [6.45, 7) is 2.13. The van der Waals surface area contributed by atoms with Crippen molar-refractivity contribution in [3.8, 4) is 22.7 Å². The number of hydrogen-bond donors (Lipinski definition) is 1. The lowest BCUT2D eigenvalue weighted by Gasteiger charge is -2.15. The van der Waals surface area contributed by atoms with Crippen molar-refractivity contribution in [3.05, 3.63) is 83.3 Å². The highest BCUT2D eigenvalue weighted by Gasteiger charge is 2.32. The second-order valence-electron chi connectivity index (χ2n) is 8.77. The maximum absolute atomic E-state index is 13.5. The van der Waals surface area contributed by atoms with Crippen LogP contribution in [-0.2, 0) is 12.7 Å². The number of carbonyl (C=O) groups is 1. The molecule has 0 saturated carbocycles. The highest BCUT2D eigenvalue weighted by molar-refractivity contribution is 6.04. The zero-order chi connectivity index (χ0) is 26.7. The van der Waals surface area contributed by atoms with Gasteiger partial charge in [-0.25, -0.2) is 4.68 Å². The fourth-order valence-corrected chi connectivity index (χ4v) is 3.76. The molecule has 1 amide bonds. The third kappa shape index (κ3) is 6.12. The number of rotatable bonds is 7. The van der Waals surface area contributed by atoms with Gasteiger partial charge in [0.05, 0.1) is 30.8 Å². The summed E-state index contributed by atoms with van der Waals surface area (Å²) in [5.41, 5.74) is 2.61. The minimum Gasteiger partial charge on any atom is -0.495 e. The Balaban J connectivity index is 1.61. The molecule has 11 heteroatoms. The summed E-state index contributed by atoms with van der Waals surface area (Å²) in [7, 11) is 5.03. The van der Waals surface area contributed by atoms with E-state index >= 15 is 0 Å². The van der Waals surface area contributed by atoms with E-state index in [1.165, 1.54) is 6.07 Å². The topological polar surface area (TPSA) is 85.2 Å². The number of alkyl halides is 3. The molecular weight excluding hydrogens is 485 g/mol. The second-order valence-corrected chi connectivity index (χ2v) is 8.77. The van der Waals surface area contributed by atoms with Gasteiger partial charge in [-0.15, -0.1) is 5.10 Å². The van der Waals surface area contributed by atoms with Crippen LogP contribution >= 0.6 is 0 Å². The smallest absolute Gasteiger partial charge is 0.416 e. The predicted molar refractivity (Wildman–Crippen MR) is 133 cm³/mol. The summed E-state index contributed by atoms with van der Waals surface area (Å²) < 4.78 is 47.1. The quantitative estimate of drug-likeness (QED) is 0.378. The molecule has 0 aliphatic rings. The molecule has 2 aromatic carbocycles. The van der Waals surface area contributed by atoms with Gasteiger partial charge in [-0.2, -0.15) is 13.2 Å². The van der Waals surface area contributed by atoms with Crippen LogP contribution in [0.2, 0.25) is 0 Å². The highest BCUT2D eigenvalue weighted by Crippen LogP contribution is 2.31. The van der Waals surface area contributed by atoms with E-state index in [-0.39, 0.29) is 12.1 Å². The van der Waals surface area contributed by atoms with Crippen LogP contribution in [0.3, 0.4) is 0 Å². The molecule has 4 rings (SSSR count). The Hall–Kier alpha value is -4.25. The Kier molecular flexibility index (Phi) is 7.25. The van der Waals surface area contributed by atoms with Gasteiger partial charge >= 0.3 is 6.18 Å². The predicted octanol–water partition coefficient (Wildman–Crippen LogP) is 4.98. The third-order valence-electron chi connectivity index (χ3n) is 5.53. The minimum atomic E-state index is -4.57. The lowest BCUT2D eigenvalue weighted by atomic mass is 10.0. The van der Waals surface area contributed by atoms with Crippen molar-refractivity contribution < 1.29 is 22.7 Å². The monoisotopic (exact) mass is 510 g/mol. The highest BCUT2D eigenvalue weighted by atomic mass is 19.4. The summed E-state index contributed by atoms with van der Waals surface area (Å²) in [4.78, 5) is 18.8. The summed E-state index contributed by atoms with van der Waals surface area (Å²) >= 11 is 0.